The average molecular weight is 345 g/mol. The van der Waals surface area contributed by atoms with Crippen molar-refractivity contribution in [3.05, 3.63) is 22.2 Å². The summed E-state index contributed by atoms with van der Waals surface area (Å²) in [6, 6.07) is 3.59. The first kappa shape index (κ1) is 16.8. The van der Waals surface area contributed by atoms with Crippen LogP contribution in [0.3, 0.4) is 0 Å². The van der Waals surface area contributed by atoms with Crippen molar-refractivity contribution in [2.45, 2.75) is 19.9 Å². The topological polar surface area (TPSA) is 59.6 Å². The van der Waals surface area contributed by atoms with Crippen LogP contribution in [0.1, 0.15) is 24.2 Å². The second-order valence-electron chi connectivity index (χ2n) is 4.36. The summed E-state index contributed by atoms with van der Waals surface area (Å²) in [5.41, 5.74) is 0.505. The fourth-order valence-corrected chi connectivity index (χ4v) is 2.32. The molecule has 2 N–H and O–H groups in total. The number of ether oxygens (including phenoxy) is 2. The molecule has 0 spiro atoms. The molecule has 1 amide bonds. The van der Waals surface area contributed by atoms with E-state index >= 15 is 0 Å². The van der Waals surface area contributed by atoms with Crippen molar-refractivity contribution >= 4 is 21.8 Å². The summed E-state index contributed by atoms with van der Waals surface area (Å²) >= 11 is 3.38. The summed E-state index contributed by atoms with van der Waals surface area (Å²) in [5.74, 6) is 0.974. The average Bonchev–Trinajstić information content (AvgIpc) is 2.45. The first-order chi connectivity index (χ1) is 9.53. The van der Waals surface area contributed by atoms with Gasteiger partial charge in [-0.15, -0.1) is 0 Å². The van der Waals surface area contributed by atoms with Crippen LogP contribution in [0.4, 0.5) is 0 Å². The Labute approximate surface area is 128 Å². The van der Waals surface area contributed by atoms with E-state index in [0.717, 1.165) is 6.54 Å². The van der Waals surface area contributed by atoms with Crippen molar-refractivity contribution in [1.82, 2.24) is 10.6 Å². The number of likely N-dealkylation sites (N-methyl/N-ethyl adjacent to an activating group) is 1. The van der Waals surface area contributed by atoms with Crippen LogP contribution in [0.5, 0.6) is 11.5 Å². The molecule has 112 valence electrons. The first-order valence-corrected chi connectivity index (χ1v) is 7.25. The molecule has 1 aromatic rings. The summed E-state index contributed by atoms with van der Waals surface area (Å²) in [4.78, 5) is 12.1. The molecule has 1 atom stereocenters. The fourth-order valence-electron chi connectivity index (χ4n) is 1.77. The quantitative estimate of drug-likeness (QED) is 0.795. The molecule has 1 aromatic carbocycles. The van der Waals surface area contributed by atoms with Crippen LogP contribution in [0, 0.1) is 0 Å². The summed E-state index contributed by atoms with van der Waals surface area (Å²) in [6.45, 7) is 5.49. The van der Waals surface area contributed by atoms with Gasteiger partial charge in [0.15, 0.2) is 0 Å². The summed E-state index contributed by atoms with van der Waals surface area (Å²) in [5, 5.41) is 6.11. The highest BCUT2D eigenvalue weighted by Crippen LogP contribution is 2.35. The van der Waals surface area contributed by atoms with Gasteiger partial charge in [-0.05, 0) is 41.5 Å². The molecule has 1 rings (SSSR count). The maximum Gasteiger partial charge on any atom is 0.251 e. The maximum absolute atomic E-state index is 12.1. The second-order valence-corrected chi connectivity index (χ2v) is 5.16. The van der Waals surface area contributed by atoms with Gasteiger partial charge in [0.1, 0.15) is 16.0 Å². The number of hydrogen-bond acceptors (Lipinski definition) is 4. The van der Waals surface area contributed by atoms with E-state index in [2.05, 4.69) is 26.6 Å². The normalized spacial score (nSPS) is 11.8. The van der Waals surface area contributed by atoms with Crippen LogP contribution in [0.25, 0.3) is 0 Å². The number of benzene rings is 1. The number of carbonyl (C=O) groups excluding carboxylic acids is 1. The summed E-state index contributed by atoms with van der Waals surface area (Å²) in [6.07, 6.45) is 0. The molecule has 6 heteroatoms. The zero-order valence-electron chi connectivity index (χ0n) is 12.2. The molecular formula is C14H21BrN2O3. The third-order valence-electron chi connectivity index (χ3n) is 2.83. The number of amides is 1. The number of halogens is 1. The SMILES string of the molecule is CCN[C@H](C)CNC(=O)c1cc(OC)c(Br)c(OC)c1. The van der Waals surface area contributed by atoms with Gasteiger partial charge in [0.05, 0.1) is 14.2 Å². The van der Waals surface area contributed by atoms with Gasteiger partial charge < -0.3 is 20.1 Å². The minimum atomic E-state index is -0.154. The Morgan fingerprint density at radius 3 is 2.30 bits per heavy atom. The minimum Gasteiger partial charge on any atom is -0.495 e. The van der Waals surface area contributed by atoms with Gasteiger partial charge in [-0.2, -0.15) is 0 Å². The van der Waals surface area contributed by atoms with Gasteiger partial charge in [0.25, 0.3) is 5.91 Å². The van der Waals surface area contributed by atoms with Crippen molar-refractivity contribution in [2.75, 3.05) is 27.3 Å². The highest BCUT2D eigenvalue weighted by Gasteiger charge is 2.14. The molecule has 5 nitrogen and oxygen atoms in total. The van der Waals surface area contributed by atoms with Crippen molar-refractivity contribution in [1.29, 1.82) is 0 Å². The third kappa shape index (κ3) is 4.38. The van der Waals surface area contributed by atoms with Gasteiger partial charge >= 0.3 is 0 Å². The lowest BCUT2D eigenvalue weighted by Gasteiger charge is -2.15. The second kappa shape index (κ2) is 8.11. The monoisotopic (exact) mass is 344 g/mol. The smallest absolute Gasteiger partial charge is 0.251 e. The Morgan fingerprint density at radius 1 is 1.30 bits per heavy atom. The van der Waals surface area contributed by atoms with Crippen molar-refractivity contribution < 1.29 is 14.3 Å². The first-order valence-electron chi connectivity index (χ1n) is 6.46. The molecule has 20 heavy (non-hydrogen) atoms. The Morgan fingerprint density at radius 2 is 1.85 bits per heavy atom. The molecule has 0 aliphatic rings. The predicted molar refractivity (Wildman–Crippen MR) is 82.7 cm³/mol. The van der Waals surface area contributed by atoms with E-state index in [4.69, 9.17) is 9.47 Å². The molecule has 0 aromatic heterocycles. The molecule has 0 saturated carbocycles. The van der Waals surface area contributed by atoms with E-state index in [0.29, 0.717) is 28.1 Å². The highest BCUT2D eigenvalue weighted by molar-refractivity contribution is 9.10. The van der Waals surface area contributed by atoms with Crippen molar-refractivity contribution in [3.63, 3.8) is 0 Å². The number of rotatable bonds is 7. The third-order valence-corrected chi connectivity index (χ3v) is 3.61. The standard InChI is InChI=1S/C14H21BrN2O3/c1-5-16-9(2)8-17-14(18)10-6-11(19-3)13(15)12(7-10)20-4/h6-7,9,16H,5,8H2,1-4H3,(H,17,18)/t9-/m1/s1. The fraction of sp³-hybridized carbons (Fsp3) is 0.500. The van der Waals surface area contributed by atoms with E-state index in [1.807, 2.05) is 13.8 Å². The molecule has 0 aliphatic heterocycles. The Kier molecular flexibility index (Phi) is 6.81. The van der Waals surface area contributed by atoms with Crippen LogP contribution in [0.15, 0.2) is 16.6 Å². The zero-order valence-corrected chi connectivity index (χ0v) is 13.8. The lowest BCUT2D eigenvalue weighted by molar-refractivity contribution is 0.0949. The number of nitrogens with one attached hydrogen (secondary N) is 2. The molecule has 0 aliphatic carbocycles. The molecule has 0 heterocycles. The minimum absolute atomic E-state index is 0.154. The number of methoxy groups -OCH3 is 2. The predicted octanol–water partition coefficient (Wildman–Crippen LogP) is 2.19. The van der Waals surface area contributed by atoms with E-state index in [1.54, 1.807) is 26.4 Å². The van der Waals surface area contributed by atoms with Crippen molar-refractivity contribution in [3.8, 4) is 11.5 Å². The van der Waals surface area contributed by atoms with E-state index < -0.39 is 0 Å². The number of carbonyl (C=O) groups is 1. The van der Waals surface area contributed by atoms with Crippen molar-refractivity contribution in [2.24, 2.45) is 0 Å². The van der Waals surface area contributed by atoms with Gasteiger partial charge in [0.2, 0.25) is 0 Å². The van der Waals surface area contributed by atoms with E-state index in [-0.39, 0.29) is 11.9 Å². The Bertz CT molecular complexity index is 441. The maximum atomic E-state index is 12.1. The van der Waals surface area contributed by atoms with Gasteiger partial charge in [-0.3, -0.25) is 4.79 Å². The molecule has 0 unspecified atom stereocenters. The largest absolute Gasteiger partial charge is 0.495 e. The molecule has 0 radical (unpaired) electrons. The molecule has 0 saturated heterocycles. The zero-order chi connectivity index (χ0) is 15.1. The van der Waals surface area contributed by atoms with E-state index in [9.17, 15) is 4.79 Å². The number of hydrogen-bond donors (Lipinski definition) is 2. The van der Waals surface area contributed by atoms with E-state index in [1.165, 1.54) is 0 Å². The van der Waals surface area contributed by atoms with Gasteiger partial charge in [-0.25, -0.2) is 0 Å². The highest BCUT2D eigenvalue weighted by atomic mass is 79.9. The van der Waals surface area contributed by atoms with Crippen LogP contribution >= 0.6 is 15.9 Å². The lowest BCUT2D eigenvalue weighted by atomic mass is 10.2. The molecular weight excluding hydrogens is 324 g/mol. The Balaban J connectivity index is 2.82. The molecule has 0 fully saturated rings. The van der Waals surface area contributed by atoms with Gasteiger partial charge in [-0.1, -0.05) is 6.92 Å². The van der Waals surface area contributed by atoms with Crippen LogP contribution < -0.4 is 20.1 Å². The Hall–Kier alpha value is -1.27. The lowest BCUT2D eigenvalue weighted by Crippen LogP contribution is -2.38. The van der Waals surface area contributed by atoms with Crippen LogP contribution in [-0.4, -0.2) is 39.3 Å². The van der Waals surface area contributed by atoms with Gasteiger partial charge in [0, 0.05) is 18.2 Å². The summed E-state index contributed by atoms with van der Waals surface area (Å²) in [7, 11) is 3.10. The van der Waals surface area contributed by atoms with Crippen LogP contribution in [-0.2, 0) is 0 Å². The molecule has 0 bridgehead atoms. The van der Waals surface area contributed by atoms with Crippen LogP contribution in [0.2, 0.25) is 0 Å². The summed E-state index contributed by atoms with van der Waals surface area (Å²) < 4.78 is 11.1.